The van der Waals surface area contributed by atoms with Gasteiger partial charge in [-0.15, -0.1) is 0 Å². The Hall–Kier alpha value is -1.73. The fourth-order valence-corrected chi connectivity index (χ4v) is 3.24. The van der Waals surface area contributed by atoms with Gasteiger partial charge in [0.1, 0.15) is 0 Å². The van der Waals surface area contributed by atoms with Crippen LogP contribution in [0.15, 0.2) is 18.5 Å². The van der Waals surface area contributed by atoms with Crippen LogP contribution in [-0.4, -0.2) is 59.4 Å². The number of carbonyl (C=O) groups excluding carboxylic acids is 1. The molecular weight excluding hydrogens is 296 g/mol. The van der Waals surface area contributed by atoms with Gasteiger partial charge in [-0.2, -0.15) is 0 Å². The Kier molecular flexibility index (Phi) is 5.07. The maximum atomic E-state index is 12.2. The summed E-state index contributed by atoms with van der Waals surface area (Å²) in [6.45, 7) is 2.81. The van der Waals surface area contributed by atoms with Crippen LogP contribution in [0, 0.1) is 5.92 Å². The predicted molar refractivity (Wildman–Crippen MR) is 85.0 cm³/mol. The van der Waals surface area contributed by atoms with Gasteiger partial charge < -0.3 is 20.1 Å². The smallest absolute Gasteiger partial charge is 0.225 e. The first-order valence-electron chi connectivity index (χ1n) is 8.26. The zero-order chi connectivity index (χ0) is 16.1. The van der Waals surface area contributed by atoms with Gasteiger partial charge in [0, 0.05) is 44.6 Å². The standard InChI is InChI=1S/C16H24N4O3/c21-14(13-3-9-23-10-4-13)19-11-16(22)5-1-8-20(12-16)15-17-6-2-7-18-15/h2,6-7,13,22H,1,3-5,8-12H2,(H,19,21)/t16-/m1/s1. The molecule has 3 rings (SSSR count). The minimum atomic E-state index is -0.932. The maximum Gasteiger partial charge on any atom is 0.225 e. The lowest BCUT2D eigenvalue weighted by Crippen LogP contribution is -2.55. The van der Waals surface area contributed by atoms with Crippen molar-refractivity contribution in [1.82, 2.24) is 15.3 Å². The molecule has 0 aliphatic carbocycles. The molecule has 0 bridgehead atoms. The molecule has 2 fully saturated rings. The first kappa shape index (κ1) is 16.1. The maximum absolute atomic E-state index is 12.2. The van der Waals surface area contributed by atoms with E-state index in [2.05, 4.69) is 15.3 Å². The highest BCUT2D eigenvalue weighted by atomic mass is 16.5. The van der Waals surface area contributed by atoms with Crippen molar-refractivity contribution in [2.75, 3.05) is 37.7 Å². The fraction of sp³-hybridized carbons (Fsp3) is 0.688. The van der Waals surface area contributed by atoms with Crippen molar-refractivity contribution in [2.24, 2.45) is 5.92 Å². The topological polar surface area (TPSA) is 87.6 Å². The minimum absolute atomic E-state index is 0.00417. The molecule has 1 aromatic rings. The van der Waals surface area contributed by atoms with Gasteiger partial charge in [0.2, 0.25) is 11.9 Å². The molecule has 1 atom stereocenters. The lowest BCUT2D eigenvalue weighted by molar-refractivity contribution is -0.129. The molecule has 2 aliphatic heterocycles. The number of carbonyl (C=O) groups is 1. The molecule has 1 amide bonds. The fourth-order valence-electron chi connectivity index (χ4n) is 3.24. The van der Waals surface area contributed by atoms with Gasteiger partial charge in [-0.3, -0.25) is 4.79 Å². The first-order valence-corrected chi connectivity index (χ1v) is 8.26. The molecule has 3 heterocycles. The third-order valence-electron chi connectivity index (χ3n) is 4.57. The summed E-state index contributed by atoms with van der Waals surface area (Å²) in [6, 6.07) is 1.77. The van der Waals surface area contributed by atoms with Gasteiger partial charge in [-0.1, -0.05) is 0 Å². The number of rotatable bonds is 4. The highest BCUT2D eigenvalue weighted by Crippen LogP contribution is 2.23. The van der Waals surface area contributed by atoms with Crippen molar-refractivity contribution in [3.63, 3.8) is 0 Å². The van der Waals surface area contributed by atoms with Crippen LogP contribution in [0.1, 0.15) is 25.7 Å². The Morgan fingerprint density at radius 3 is 2.87 bits per heavy atom. The molecule has 0 radical (unpaired) electrons. The summed E-state index contributed by atoms with van der Waals surface area (Å²) in [5.41, 5.74) is -0.932. The van der Waals surface area contributed by atoms with Crippen molar-refractivity contribution < 1.29 is 14.6 Å². The second-order valence-corrected chi connectivity index (χ2v) is 6.40. The number of nitrogens with zero attached hydrogens (tertiary/aromatic N) is 3. The van der Waals surface area contributed by atoms with Gasteiger partial charge in [0.15, 0.2) is 0 Å². The number of aromatic nitrogens is 2. The lowest BCUT2D eigenvalue weighted by Gasteiger charge is -2.39. The second kappa shape index (κ2) is 7.23. The van der Waals surface area contributed by atoms with E-state index in [1.165, 1.54) is 0 Å². The highest BCUT2D eigenvalue weighted by molar-refractivity contribution is 5.78. The second-order valence-electron chi connectivity index (χ2n) is 6.40. The third kappa shape index (κ3) is 4.17. The number of anilines is 1. The van der Waals surface area contributed by atoms with E-state index in [1.54, 1.807) is 18.5 Å². The van der Waals surface area contributed by atoms with Gasteiger partial charge in [-0.25, -0.2) is 9.97 Å². The zero-order valence-corrected chi connectivity index (χ0v) is 13.3. The monoisotopic (exact) mass is 320 g/mol. The van der Waals surface area contributed by atoms with Gasteiger partial charge in [0.05, 0.1) is 12.1 Å². The number of β-amino-alcohol motifs (C(OH)–C–C–N with tert-alkyl or cyclic N) is 1. The summed E-state index contributed by atoms with van der Waals surface area (Å²) >= 11 is 0. The molecule has 1 aromatic heterocycles. The zero-order valence-electron chi connectivity index (χ0n) is 13.3. The van der Waals surface area contributed by atoms with E-state index in [0.717, 1.165) is 25.8 Å². The summed E-state index contributed by atoms with van der Waals surface area (Å²) in [6.07, 6.45) is 6.43. The summed E-state index contributed by atoms with van der Waals surface area (Å²) in [5.74, 6) is 0.653. The number of amides is 1. The van der Waals surface area contributed by atoms with Crippen LogP contribution in [0.3, 0.4) is 0 Å². The molecular formula is C16H24N4O3. The average Bonchev–Trinajstić information content (AvgIpc) is 2.61. The number of nitrogens with one attached hydrogen (secondary N) is 1. The molecule has 0 saturated carbocycles. The summed E-state index contributed by atoms with van der Waals surface area (Å²) in [4.78, 5) is 22.7. The minimum Gasteiger partial charge on any atom is -0.386 e. The number of piperidine rings is 1. The Balaban J connectivity index is 1.54. The normalized spacial score (nSPS) is 26.0. The number of hydrogen-bond donors (Lipinski definition) is 2. The van der Waals surface area contributed by atoms with Crippen LogP contribution < -0.4 is 10.2 Å². The van der Waals surface area contributed by atoms with Crippen LogP contribution in [0.5, 0.6) is 0 Å². The lowest BCUT2D eigenvalue weighted by atomic mass is 9.92. The van der Waals surface area contributed by atoms with Crippen LogP contribution in [0.2, 0.25) is 0 Å². The van der Waals surface area contributed by atoms with E-state index in [0.29, 0.717) is 32.1 Å². The number of aliphatic hydroxyl groups is 1. The summed E-state index contributed by atoms with van der Waals surface area (Å²) in [7, 11) is 0. The van der Waals surface area contributed by atoms with E-state index in [1.807, 2.05) is 4.90 Å². The molecule has 7 heteroatoms. The van der Waals surface area contributed by atoms with Crippen molar-refractivity contribution >= 4 is 11.9 Å². The van der Waals surface area contributed by atoms with E-state index in [4.69, 9.17) is 4.74 Å². The summed E-state index contributed by atoms with van der Waals surface area (Å²) < 4.78 is 5.28. The van der Waals surface area contributed by atoms with Gasteiger partial charge in [0.25, 0.3) is 0 Å². The Labute approximate surface area is 136 Å². The molecule has 2 N–H and O–H groups in total. The number of ether oxygens (including phenoxy) is 1. The van der Waals surface area contributed by atoms with Crippen LogP contribution in [0.4, 0.5) is 5.95 Å². The van der Waals surface area contributed by atoms with Gasteiger partial charge in [-0.05, 0) is 31.7 Å². The third-order valence-corrected chi connectivity index (χ3v) is 4.57. The van der Waals surface area contributed by atoms with Crippen LogP contribution in [0.25, 0.3) is 0 Å². The summed E-state index contributed by atoms with van der Waals surface area (Å²) in [5, 5.41) is 13.7. The SMILES string of the molecule is O=C(NC[C@]1(O)CCCN(c2ncccn2)C1)C1CCOCC1. The van der Waals surface area contributed by atoms with E-state index >= 15 is 0 Å². The Bertz CT molecular complexity index is 521. The van der Waals surface area contributed by atoms with Crippen molar-refractivity contribution in [3.8, 4) is 0 Å². The predicted octanol–water partition coefficient (Wildman–Crippen LogP) is 0.351. The molecule has 23 heavy (non-hydrogen) atoms. The number of hydrogen-bond acceptors (Lipinski definition) is 6. The van der Waals surface area contributed by atoms with Crippen molar-refractivity contribution in [1.29, 1.82) is 0 Å². The van der Waals surface area contributed by atoms with Crippen LogP contribution >= 0.6 is 0 Å². The van der Waals surface area contributed by atoms with Crippen molar-refractivity contribution in [3.05, 3.63) is 18.5 Å². The molecule has 7 nitrogen and oxygen atoms in total. The van der Waals surface area contributed by atoms with Crippen molar-refractivity contribution in [2.45, 2.75) is 31.3 Å². The van der Waals surface area contributed by atoms with E-state index in [-0.39, 0.29) is 18.4 Å². The molecule has 126 valence electrons. The highest BCUT2D eigenvalue weighted by Gasteiger charge is 2.35. The van der Waals surface area contributed by atoms with E-state index < -0.39 is 5.60 Å². The quantitative estimate of drug-likeness (QED) is 0.832. The van der Waals surface area contributed by atoms with Crippen LogP contribution in [-0.2, 0) is 9.53 Å². The largest absolute Gasteiger partial charge is 0.386 e. The molecule has 0 spiro atoms. The Morgan fingerprint density at radius 2 is 2.13 bits per heavy atom. The van der Waals surface area contributed by atoms with Gasteiger partial charge >= 0.3 is 0 Å². The van der Waals surface area contributed by atoms with E-state index in [9.17, 15) is 9.90 Å². The first-order chi connectivity index (χ1) is 11.2. The molecule has 0 aromatic carbocycles. The average molecular weight is 320 g/mol. The Morgan fingerprint density at radius 1 is 1.39 bits per heavy atom. The molecule has 0 unspecified atom stereocenters. The molecule has 2 saturated heterocycles. The molecule has 2 aliphatic rings.